The van der Waals surface area contributed by atoms with Gasteiger partial charge in [0.25, 0.3) is 0 Å². The summed E-state index contributed by atoms with van der Waals surface area (Å²) in [6.07, 6.45) is 0. The van der Waals surface area contributed by atoms with E-state index in [4.69, 9.17) is 22.7 Å². The molecule has 3 rings (SSSR count). The fourth-order valence-corrected chi connectivity index (χ4v) is 2.14. The summed E-state index contributed by atoms with van der Waals surface area (Å²) in [5, 5.41) is 1.02. The van der Waals surface area contributed by atoms with Crippen LogP contribution in [0.2, 0.25) is 0 Å². The van der Waals surface area contributed by atoms with Gasteiger partial charge in [-0.15, -0.1) is 0 Å². The number of nitrogens with zero attached hydrogens (tertiary/aromatic N) is 2. The van der Waals surface area contributed by atoms with Gasteiger partial charge in [0, 0.05) is 17.1 Å². The fourth-order valence-electron chi connectivity index (χ4n) is 2.02. The first kappa shape index (κ1) is 13.5. The molecule has 5 heteroatoms. The van der Waals surface area contributed by atoms with Crippen LogP contribution >= 0.6 is 12.2 Å². The second-order valence-corrected chi connectivity index (χ2v) is 5.05. The summed E-state index contributed by atoms with van der Waals surface area (Å²) < 4.78 is 5.85. The van der Waals surface area contributed by atoms with Crippen molar-refractivity contribution in [2.45, 2.75) is 6.92 Å². The molecule has 0 fully saturated rings. The Morgan fingerprint density at radius 3 is 2.67 bits per heavy atom. The molecule has 0 saturated heterocycles. The normalized spacial score (nSPS) is 10.5. The molecule has 104 valence electrons. The van der Waals surface area contributed by atoms with E-state index in [2.05, 4.69) is 9.97 Å². The number of thiocarbonyl (C=S) groups is 1. The highest BCUT2D eigenvalue weighted by Crippen LogP contribution is 2.27. The lowest BCUT2D eigenvalue weighted by molar-refractivity contribution is 0.467. The highest BCUT2D eigenvalue weighted by atomic mass is 32.1. The Morgan fingerprint density at radius 1 is 1.05 bits per heavy atom. The van der Waals surface area contributed by atoms with E-state index in [0.717, 1.165) is 16.6 Å². The van der Waals surface area contributed by atoms with Crippen molar-refractivity contribution in [1.29, 1.82) is 0 Å². The van der Waals surface area contributed by atoms with Crippen LogP contribution in [0.15, 0.2) is 48.5 Å². The molecule has 0 aliphatic heterocycles. The van der Waals surface area contributed by atoms with Crippen molar-refractivity contribution in [3.8, 4) is 11.6 Å². The third kappa shape index (κ3) is 2.83. The van der Waals surface area contributed by atoms with Crippen LogP contribution in [0.3, 0.4) is 0 Å². The molecule has 2 heterocycles. The highest BCUT2D eigenvalue weighted by Gasteiger charge is 2.07. The van der Waals surface area contributed by atoms with Gasteiger partial charge in [0.1, 0.15) is 16.2 Å². The number of benzene rings is 1. The van der Waals surface area contributed by atoms with Gasteiger partial charge in [-0.3, -0.25) is 0 Å². The largest absolute Gasteiger partial charge is 0.437 e. The van der Waals surface area contributed by atoms with E-state index in [1.165, 1.54) is 0 Å². The smallest absolute Gasteiger partial charge is 0.219 e. The van der Waals surface area contributed by atoms with Crippen LogP contribution in [0, 0.1) is 6.92 Å². The van der Waals surface area contributed by atoms with Crippen LogP contribution in [0.1, 0.15) is 11.4 Å². The quantitative estimate of drug-likeness (QED) is 0.751. The Balaban J connectivity index is 2.04. The summed E-state index contributed by atoms with van der Waals surface area (Å²) in [6, 6.07) is 15.1. The average Bonchev–Trinajstić information content (AvgIpc) is 2.48. The molecule has 0 atom stereocenters. The SMILES string of the molecule is Cc1ccc2cccc(Oc3cccc(C(N)=S)n3)c2n1. The maximum Gasteiger partial charge on any atom is 0.219 e. The van der Waals surface area contributed by atoms with Crippen molar-refractivity contribution in [3.05, 3.63) is 59.9 Å². The number of para-hydroxylation sites is 1. The molecule has 2 N–H and O–H groups in total. The van der Waals surface area contributed by atoms with Crippen LogP contribution in [0.4, 0.5) is 0 Å². The zero-order chi connectivity index (χ0) is 14.8. The molecule has 1 aromatic carbocycles. The number of rotatable bonds is 3. The molecule has 0 radical (unpaired) electrons. The van der Waals surface area contributed by atoms with Gasteiger partial charge < -0.3 is 10.5 Å². The molecule has 0 bridgehead atoms. The zero-order valence-electron chi connectivity index (χ0n) is 11.4. The highest BCUT2D eigenvalue weighted by molar-refractivity contribution is 7.80. The van der Waals surface area contributed by atoms with Crippen molar-refractivity contribution < 1.29 is 4.74 Å². The molecule has 0 saturated carbocycles. The van der Waals surface area contributed by atoms with Gasteiger partial charge in [0.2, 0.25) is 5.88 Å². The molecule has 2 aromatic heterocycles. The Bertz CT molecular complexity index is 833. The Hall–Kier alpha value is -2.53. The Morgan fingerprint density at radius 2 is 1.86 bits per heavy atom. The van der Waals surface area contributed by atoms with E-state index in [-0.39, 0.29) is 4.99 Å². The zero-order valence-corrected chi connectivity index (χ0v) is 12.2. The lowest BCUT2D eigenvalue weighted by Gasteiger charge is -2.09. The van der Waals surface area contributed by atoms with E-state index >= 15 is 0 Å². The first-order chi connectivity index (χ1) is 10.1. The molecule has 4 nitrogen and oxygen atoms in total. The predicted octanol–water partition coefficient (Wildman–Crippen LogP) is 3.36. The van der Waals surface area contributed by atoms with Crippen molar-refractivity contribution in [2.24, 2.45) is 5.73 Å². The van der Waals surface area contributed by atoms with Crippen molar-refractivity contribution >= 4 is 28.1 Å². The predicted molar refractivity (Wildman–Crippen MR) is 86.7 cm³/mol. The van der Waals surface area contributed by atoms with Gasteiger partial charge in [-0.2, -0.15) is 0 Å². The monoisotopic (exact) mass is 295 g/mol. The first-order valence-corrected chi connectivity index (χ1v) is 6.85. The van der Waals surface area contributed by atoms with Gasteiger partial charge in [-0.05, 0) is 25.1 Å². The van der Waals surface area contributed by atoms with Crippen LogP contribution in [-0.4, -0.2) is 15.0 Å². The number of pyridine rings is 2. The van der Waals surface area contributed by atoms with Crippen LogP contribution < -0.4 is 10.5 Å². The van der Waals surface area contributed by atoms with Crippen LogP contribution in [-0.2, 0) is 0 Å². The topological polar surface area (TPSA) is 61.0 Å². The molecule has 3 aromatic rings. The van der Waals surface area contributed by atoms with Crippen molar-refractivity contribution in [1.82, 2.24) is 9.97 Å². The van der Waals surface area contributed by atoms with Crippen LogP contribution in [0.25, 0.3) is 10.9 Å². The third-order valence-corrected chi connectivity index (χ3v) is 3.22. The second kappa shape index (κ2) is 5.46. The van der Waals surface area contributed by atoms with Gasteiger partial charge in [0.15, 0.2) is 5.75 Å². The first-order valence-electron chi connectivity index (χ1n) is 6.44. The molecule has 0 aliphatic carbocycles. The Labute approximate surface area is 127 Å². The Kier molecular flexibility index (Phi) is 3.50. The lowest BCUT2D eigenvalue weighted by atomic mass is 10.2. The maximum atomic E-state index is 5.85. The molecule has 21 heavy (non-hydrogen) atoms. The molecule has 0 amide bonds. The van der Waals surface area contributed by atoms with E-state index in [1.807, 2.05) is 37.3 Å². The summed E-state index contributed by atoms with van der Waals surface area (Å²) in [4.78, 5) is 9.05. The number of ether oxygens (including phenoxy) is 1. The van der Waals surface area contributed by atoms with Gasteiger partial charge in [0.05, 0.1) is 0 Å². The van der Waals surface area contributed by atoms with Gasteiger partial charge >= 0.3 is 0 Å². The van der Waals surface area contributed by atoms with E-state index in [0.29, 0.717) is 17.3 Å². The van der Waals surface area contributed by atoms with Crippen molar-refractivity contribution in [2.75, 3.05) is 0 Å². The minimum absolute atomic E-state index is 0.243. The number of hydrogen-bond acceptors (Lipinski definition) is 4. The fraction of sp³-hybridized carbons (Fsp3) is 0.0625. The number of aromatic nitrogens is 2. The molecular formula is C16H13N3OS. The number of nitrogens with two attached hydrogens (primary N) is 1. The van der Waals surface area contributed by atoms with E-state index in [9.17, 15) is 0 Å². The summed E-state index contributed by atoms with van der Waals surface area (Å²) in [6.45, 7) is 1.95. The van der Waals surface area contributed by atoms with E-state index < -0.39 is 0 Å². The minimum atomic E-state index is 0.243. The third-order valence-electron chi connectivity index (χ3n) is 3.01. The molecule has 0 unspecified atom stereocenters. The number of fused-ring (bicyclic) bond motifs is 1. The summed E-state index contributed by atoms with van der Waals surface area (Å²) in [5.41, 5.74) is 7.86. The molecule has 0 aliphatic rings. The summed E-state index contributed by atoms with van der Waals surface area (Å²) in [5.74, 6) is 1.10. The van der Waals surface area contributed by atoms with Gasteiger partial charge in [-0.1, -0.05) is 36.5 Å². The summed E-state index contributed by atoms with van der Waals surface area (Å²) in [7, 11) is 0. The van der Waals surface area contributed by atoms with E-state index in [1.54, 1.807) is 18.2 Å². The molecule has 0 spiro atoms. The average molecular weight is 295 g/mol. The van der Waals surface area contributed by atoms with Crippen molar-refractivity contribution in [3.63, 3.8) is 0 Å². The molecular weight excluding hydrogens is 282 g/mol. The number of hydrogen-bond donors (Lipinski definition) is 1. The number of aryl methyl sites for hydroxylation is 1. The maximum absolute atomic E-state index is 5.85. The van der Waals surface area contributed by atoms with Crippen LogP contribution in [0.5, 0.6) is 11.6 Å². The van der Waals surface area contributed by atoms with Gasteiger partial charge in [-0.25, -0.2) is 9.97 Å². The minimum Gasteiger partial charge on any atom is -0.437 e. The summed E-state index contributed by atoms with van der Waals surface area (Å²) >= 11 is 4.93. The standard InChI is InChI=1S/C16H13N3OS/c1-10-8-9-11-4-2-6-13(15(11)18-10)20-14-7-3-5-12(19-14)16(17)21/h2-9H,1H3,(H2,17,21). The second-order valence-electron chi connectivity index (χ2n) is 4.61. The lowest BCUT2D eigenvalue weighted by Crippen LogP contribution is -2.11.